The van der Waals surface area contributed by atoms with Gasteiger partial charge in [0.1, 0.15) is 6.10 Å². The van der Waals surface area contributed by atoms with Gasteiger partial charge in [-0.3, -0.25) is 10.1 Å². The van der Waals surface area contributed by atoms with E-state index in [0.29, 0.717) is 19.8 Å². The lowest BCUT2D eigenvalue weighted by Crippen LogP contribution is -2.40. The zero-order valence-electron chi connectivity index (χ0n) is 15.0. The topological polar surface area (TPSA) is 71.6 Å². The van der Waals surface area contributed by atoms with Gasteiger partial charge >= 0.3 is 5.97 Å². The normalized spacial score (nSPS) is 13.5. The van der Waals surface area contributed by atoms with Crippen LogP contribution in [0.4, 0.5) is 0 Å². The summed E-state index contributed by atoms with van der Waals surface area (Å²) in [6.45, 7) is 9.73. The van der Waals surface area contributed by atoms with Crippen LogP contribution in [0, 0.1) is 0 Å². The maximum atomic E-state index is 11.1. The Morgan fingerprint density at radius 2 is 1.75 bits per heavy atom. The zero-order valence-corrected chi connectivity index (χ0v) is 15.0. The number of esters is 1. The van der Waals surface area contributed by atoms with Crippen molar-refractivity contribution < 1.29 is 14.3 Å². The van der Waals surface area contributed by atoms with Gasteiger partial charge in [0.2, 0.25) is 0 Å². The van der Waals surface area contributed by atoms with E-state index in [1.807, 2.05) is 32.0 Å². The molecule has 6 nitrogen and oxygen atoms in total. The standard InChI is InChI=1S/C18H31N3O3/c1-4-19-12-18(24-16(3)22)13-20-10-11-21-14-23-15(2)17-8-6-5-7-9-17/h5-9,15,18-21H,4,10-14H2,1-3H3. The highest BCUT2D eigenvalue weighted by molar-refractivity contribution is 5.66. The van der Waals surface area contributed by atoms with Crippen molar-refractivity contribution in [2.45, 2.75) is 33.0 Å². The minimum atomic E-state index is -0.249. The summed E-state index contributed by atoms with van der Waals surface area (Å²) < 4.78 is 11.0. The van der Waals surface area contributed by atoms with E-state index in [4.69, 9.17) is 9.47 Å². The molecule has 0 saturated heterocycles. The first-order chi connectivity index (χ1) is 11.6. The monoisotopic (exact) mass is 337 g/mol. The Morgan fingerprint density at radius 1 is 1.08 bits per heavy atom. The van der Waals surface area contributed by atoms with Crippen LogP contribution >= 0.6 is 0 Å². The molecule has 0 fully saturated rings. The first-order valence-corrected chi connectivity index (χ1v) is 8.59. The van der Waals surface area contributed by atoms with Crippen molar-refractivity contribution in [3.8, 4) is 0 Å². The quantitative estimate of drug-likeness (QED) is 0.287. The van der Waals surface area contributed by atoms with Crippen molar-refractivity contribution in [1.29, 1.82) is 0 Å². The van der Waals surface area contributed by atoms with Gasteiger partial charge < -0.3 is 20.1 Å². The molecule has 0 aromatic heterocycles. The molecule has 1 aromatic carbocycles. The summed E-state index contributed by atoms with van der Waals surface area (Å²) in [6, 6.07) is 10.1. The van der Waals surface area contributed by atoms with Crippen LogP contribution in [-0.4, -0.2) is 51.5 Å². The Labute approximate surface area is 145 Å². The van der Waals surface area contributed by atoms with Gasteiger partial charge in [0.25, 0.3) is 0 Å². The molecular formula is C18H31N3O3. The van der Waals surface area contributed by atoms with E-state index in [2.05, 4.69) is 28.1 Å². The molecule has 0 radical (unpaired) electrons. The minimum Gasteiger partial charge on any atom is -0.460 e. The van der Waals surface area contributed by atoms with Crippen molar-refractivity contribution in [3.05, 3.63) is 35.9 Å². The Morgan fingerprint density at radius 3 is 2.42 bits per heavy atom. The van der Waals surface area contributed by atoms with Crippen LogP contribution in [0.1, 0.15) is 32.4 Å². The average Bonchev–Trinajstić information content (AvgIpc) is 2.58. The minimum absolute atomic E-state index is 0.0696. The Kier molecular flexibility index (Phi) is 11.1. The fraction of sp³-hybridized carbons (Fsp3) is 0.611. The van der Waals surface area contributed by atoms with E-state index in [0.717, 1.165) is 19.6 Å². The predicted octanol–water partition coefficient (Wildman–Crippen LogP) is 1.44. The first kappa shape index (κ1) is 20.6. The van der Waals surface area contributed by atoms with Crippen LogP contribution in [0.25, 0.3) is 0 Å². The second-order valence-corrected chi connectivity index (χ2v) is 5.61. The summed E-state index contributed by atoms with van der Waals surface area (Å²) in [5.41, 5.74) is 1.17. The molecule has 2 atom stereocenters. The summed E-state index contributed by atoms with van der Waals surface area (Å²) >= 11 is 0. The van der Waals surface area contributed by atoms with E-state index < -0.39 is 0 Å². The molecule has 1 aromatic rings. The summed E-state index contributed by atoms with van der Waals surface area (Å²) in [5.74, 6) is -0.249. The third-order valence-electron chi connectivity index (χ3n) is 3.51. The molecule has 2 unspecified atom stereocenters. The largest absolute Gasteiger partial charge is 0.460 e. The Balaban J connectivity index is 2.07. The SMILES string of the molecule is CCNCC(CNCCNCOC(C)c1ccccc1)OC(C)=O. The number of ether oxygens (including phenoxy) is 2. The van der Waals surface area contributed by atoms with Crippen LogP contribution in [0.3, 0.4) is 0 Å². The maximum absolute atomic E-state index is 11.1. The van der Waals surface area contributed by atoms with Crippen LogP contribution < -0.4 is 16.0 Å². The van der Waals surface area contributed by atoms with Crippen LogP contribution in [0.5, 0.6) is 0 Å². The fourth-order valence-electron chi connectivity index (χ4n) is 2.21. The molecule has 0 aliphatic rings. The molecule has 0 amide bonds. The van der Waals surface area contributed by atoms with E-state index in [1.165, 1.54) is 12.5 Å². The molecule has 136 valence electrons. The lowest BCUT2D eigenvalue weighted by atomic mass is 10.1. The molecule has 0 aliphatic heterocycles. The van der Waals surface area contributed by atoms with E-state index in [9.17, 15) is 4.79 Å². The number of carbonyl (C=O) groups excluding carboxylic acids is 1. The molecule has 0 saturated carbocycles. The molecule has 1 rings (SSSR count). The second kappa shape index (κ2) is 12.9. The van der Waals surface area contributed by atoms with Gasteiger partial charge in [-0.05, 0) is 19.0 Å². The van der Waals surface area contributed by atoms with E-state index in [-0.39, 0.29) is 18.2 Å². The fourth-order valence-corrected chi connectivity index (χ4v) is 2.21. The van der Waals surface area contributed by atoms with Gasteiger partial charge in [0.05, 0.1) is 12.8 Å². The number of rotatable bonds is 13. The molecule has 3 N–H and O–H groups in total. The van der Waals surface area contributed by atoms with Crippen LogP contribution in [-0.2, 0) is 14.3 Å². The molecular weight excluding hydrogens is 306 g/mol. The lowest BCUT2D eigenvalue weighted by molar-refractivity contribution is -0.145. The third kappa shape index (κ3) is 9.62. The molecule has 24 heavy (non-hydrogen) atoms. The third-order valence-corrected chi connectivity index (χ3v) is 3.51. The zero-order chi connectivity index (χ0) is 17.6. The maximum Gasteiger partial charge on any atom is 0.302 e. The highest BCUT2D eigenvalue weighted by atomic mass is 16.5. The highest BCUT2D eigenvalue weighted by Gasteiger charge is 2.10. The highest BCUT2D eigenvalue weighted by Crippen LogP contribution is 2.14. The Bertz CT molecular complexity index is 442. The second-order valence-electron chi connectivity index (χ2n) is 5.61. The van der Waals surface area contributed by atoms with E-state index >= 15 is 0 Å². The van der Waals surface area contributed by atoms with Gasteiger partial charge in [-0.15, -0.1) is 0 Å². The number of hydrogen-bond acceptors (Lipinski definition) is 6. The number of carbonyl (C=O) groups is 1. The molecule has 0 spiro atoms. The summed E-state index contributed by atoms with van der Waals surface area (Å²) in [4.78, 5) is 11.1. The Hall–Kier alpha value is -1.47. The lowest BCUT2D eigenvalue weighted by Gasteiger charge is -2.18. The van der Waals surface area contributed by atoms with Crippen molar-refractivity contribution >= 4 is 5.97 Å². The number of benzene rings is 1. The molecule has 0 heterocycles. The van der Waals surface area contributed by atoms with Gasteiger partial charge in [0, 0.05) is 33.1 Å². The molecule has 6 heteroatoms. The van der Waals surface area contributed by atoms with Crippen molar-refractivity contribution in [2.24, 2.45) is 0 Å². The number of likely N-dealkylation sites (N-methyl/N-ethyl adjacent to an activating group) is 1. The van der Waals surface area contributed by atoms with Crippen LogP contribution in [0.2, 0.25) is 0 Å². The van der Waals surface area contributed by atoms with Crippen molar-refractivity contribution in [2.75, 3.05) is 39.5 Å². The van der Waals surface area contributed by atoms with E-state index in [1.54, 1.807) is 0 Å². The average molecular weight is 337 g/mol. The van der Waals surface area contributed by atoms with Gasteiger partial charge in [-0.25, -0.2) is 0 Å². The first-order valence-electron chi connectivity index (χ1n) is 8.59. The smallest absolute Gasteiger partial charge is 0.302 e. The molecule has 0 bridgehead atoms. The predicted molar refractivity (Wildman–Crippen MR) is 95.8 cm³/mol. The number of nitrogens with one attached hydrogen (secondary N) is 3. The number of hydrogen-bond donors (Lipinski definition) is 3. The van der Waals surface area contributed by atoms with Gasteiger partial charge in [0.15, 0.2) is 0 Å². The summed E-state index contributed by atoms with van der Waals surface area (Å²) in [6.07, 6.45) is -0.0723. The van der Waals surface area contributed by atoms with Gasteiger partial charge in [-0.1, -0.05) is 37.3 Å². The van der Waals surface area contributed by atoms with Crippen molar-refractivity contribution in [1.82, 2.24) is 16.0 Å². The summed E-state index contributed by atoms with van der Waals surface area (Å²) in [7, 11) is 0. The molecule has 0 aliphatic carbocycles. The van der Waals surface area contributed by atoms with Gasteiger partial charge in [-0.2, -0.15) is 0 Å². The van der Waals surface area contributed by atoms with Crippen LogP contribution in [0.15, 0.2) is 30.3 Å². The summed E-state index contributed by atoms with van der Waals surface area (Å²) in [5, 5.41) is 9.71. The van der Waals surface area contributed by atoms with Crippen molar-refractivity contribution in [3.63, 3.8) is 0 Å².